The van der Waals surface area contributed by atoms with Crippen LogP contribution >= 0.6 is 0 Å². The molecule has 20 heavy (non-hydrogen) atoms. The molecule has 0 bridgehead atoms. The molecule has 1 aliphatic carbocycles. The highest BCUT2D eigenvalue weighted by Gasteiger charge is 2.35. The first-order chi connectivity index (χ1) is 9.61. The number of amides is 1. The smallest absolute Gasteiger partial charge is 0.307 e. The average molecular weight is 279 g/mol. The fraction of sp³-hybridized carbons (Fsp3) is 0.643. The number of nitrogens with zero attached hydrogens (tertiary/aromatic N) is 2. The van der Waals surface area contributed by atoms with E-state index in [4.69, 9.17) is 0 Å². The number of hydrogen-bond acceptors (Lipinski definition) is 3. The molecule has 6 heteroatoms. The molecule has 0 unspecified atom stereocenters. The van der Waals surface area contributed by atoms with Crippen LogP contribution in [0.5, 0.6) is 0 Å². The summed E-state index contributed by atoms with van der Waals surface area (Å²) >= 11 is 0. The van der Waals surface area contributed by atoms with Crippen molar-refractivity contribution in [3.05, 3.63) is 18.0 Å². The van der Waals surface area contributed by atoms with Crippen LogP contribution in [-0.2, 0) is 22.7 Å². The average Bonchev–Trinajstić information content (AvgIpc) is 2.92. The van der Waals surface area contributed by atoms with Crippen molar-refractivity contribution < 1.29 is 14.7 Å². The molecular weight excluding hydrogens is 258 g/mol. The summed E-state index contributed by atoms with van der Waals surface area (Å²) in [5.74, 6) is -1.98. The Morgan fingerprint density at radius 1 is 1.40 bits per heavy atom. The summed E-state index contributed by atoms with van der Waals surface area (Å²) in [6.45, 7) is 3.14. The number of aliphatic carboxylic acids is 1. The number of hydrogen-bond donors (Lipinski definition) is 2. The quantitative estimate of drug-likeness (QED) is 0.853. The number of carbonyl (C=O) groups is 2. The van der Waals surface area contributed by atoms with Crippen molar-refractivity contribution in [2.24, 2.45) is 11.8 Å². The van der Waals surface area contributed by atoms with Gasteiger partial charge in [0.15, 0.2) is 0 Å². The van der Waals surface area contributed by atoms with E-state index in [0.29, 0.717) is 19.4 Å². The third kappa shape index (κ3) is 3.37. The first-order valence-corrected chi connectivity index (χ1v) is 7.14. The van der Waals surface area contributed by atoms with Crippen molar-refractivity contribution in [1.82, 2.24) is 15.1 Å². The van der Waals surface area contributed by atoms with E-state index < -0.39 is 17.8 Å². The molecule has 6 nitrogen and oxygen atoms in total. The van der Waals surface area contributed by atoms with E-state index in [-0.39, 0.29) is 5.91 Å². The first kappa shape index (κ1) is 14.6. The van der Waals surface area contributed by atoms with Gasteiger partial charge in [-0.1, -0.05) is 12.8 Å². The summed E-state index contributed by atoms with van der Waals surface area (Å²) in [4.78, 5) is 23.3. The Morgan fingerprint density at radius 3 is 2.70 bits per heavy atom. The summed E-state index contributed by atoms with van der Waals surface area (Å²) in [5.41, 5.74) is 0.794. The zero-order chi connectivity index (χ0) is 14.5. The van der Waals surface area contributed by atoms with Crippen LogP contribution in [0.3, 0.4) is 0 Å². The van der Waals surface area contributed by atoms with Crippen molar-refractivity contribution >= 4 is 11.9 Å². The van der Waals surface area contributed by atoms with Crippen LogP contribution in [0.15, 0.2) is 12.3 Å². The molecule has 2 rings (SSSR count). The number of carbonyl (C=O) groups excluding carboxylic acids is 1. The Balaban J connectivity index is 1.91. The molecule has 1 aliphatic rings. The van der Waals surface area contributed by atoms with Gasteiger partial charge >= 0.3 is 5.97 Å². The highest BCUT2D eigenvalue weighted by atomic mass is 16.4. The Hall–Kier alpha value is -1.85. The van der Waals surface area contributed by atoms with Gasteiger partial charge in [-0.05, 0) is 25.8 Å². The Kier molecular flexibility index (Phi) is 4.76. The van der Waals surface area contributed by atoms with Crippen LogP contribution in [0, 0.1) is 11.8 Å². The van der Waals surface area contributed by atoms with Gasteiger partial charge in [0.2, 0.25) is 5.91 Å². The molecule has 0 aliphatic heterocycles. The van der Waals surface area contributed by atoms with Crippen molar-refractivity contribution in [2.45, 2.75) is 45.7 Å². The normalized spacial score (nSPS) is 22.4. The van der Waals surface area contributed by atoms with Crippen molar-refractivity contribution in [2.75, 3.05) is 0 Å². The summed E-state index contributed by atoms with van der Waals surface area (Å²) < 4.78 is 1.79. The van der Waals surface area contributed by atoms with Crippen LogP contribution in [0.1, 0.15) is 38.3 Å². The van der Waals surface area contributed by atoms with Gasteiger partial charge in [0.1, 0.15) is 0 Å². The molecule has 110 valence electrons. The molecule has 1 fully saturated rings. The summed E-state index contributed by atoms with van der Waals surface area (Å²) in [6, 6.07) is 1.86. The van der Waals surface area contributed by atoms with Crippen molar-refractivity contribution in [1.29, 1.82) is 0 Å². The van der Waals surface area contributed by atoms with Crippen LogP contribution in [-0.4, -0.2) is 26.8 Å². The molecule has 2 N–H and O–H groups in total. The third-order valence-electron chi connectivity index (χ3n) is 3.88. The number of aryl methyl sites for hydroxylation is 1. The standard InChI is InChI=1S/C14H21N3O3/c1-2-17-8-7-10(16-17)9-15-13(18)11-5-3-4-6-12(11)14(19)20/h7-8,11-12H,2-6,9H2,1H3,(H,15,18)(H,19,20)/t11-,12+/m1/s1. The van der Waals surface area contributed by atoms with Gasteiger partial charge in [-0.3, -0.25) is 14.3 Å². The highest BCUT2D eigenvalue weighted by molar-refractivity contribution is 5.84. The topological polar surface area (TPSA) is 84.2 Å². The number of carboxylic acid groups (broad SMARTS) is 1. The van der Waals surface area contributed by atoms with Crippen LogP contribution < -0.4 is 5.32 Å². The van der Waals surface area contributed by atoms with Crippen LogP contribution in [0.4, 0.5) is 0 Å². The number of carboxylic acids is 1. The second kappa shape index (κ2) is 6.54. The van der Waals surface area contributed by atoms with Crippen molar-refractivity contribution in [3.63, 3.8) is 0 Å². The maximum atomic E-state index is 12.2. The predicted octanol–water partition coefficient (Wildman–Crippen LogP) is 1.41. The lowest BCUT2D eigenvalue weighted by Crippen LogP contribution is -2.39. The van der Waals surface area contributed by atoms with E-state index in [2.05, 4.69) is 10.4 Å². The maximum Gasteiger partial charge on any atom is 0.307 e. The summed E-state index contributed by atoms with van der Waals surface area (Å²) in [5, 5.41) is 16.3. The SMILES string of the molecule is CCn1ccc(CNC(=O)[C@@H]2CCCC[C@@H]2C(=O)O)n1. The first-order valence-electron chi connectivity index (χ1n) is 7.14. The van der Waals surface area contributed by atoms with Gasteiger partial charge in [0.25, 0.3) is 0 Å². The Bertz CT molecular complexity index is 484. The lowest BCUT2D eigenvalue weighted by Gasteiger charge is -2.27. The van der Waals surface area contributed by atoms with Gasteiger partial charge in [-0.15, -0.1) is 0 Å². The largest absolute Gasteiger partial charge is 0.481 e. The van der Waals surface area contributed by atoms with Gasteiger partial charge < -0.3 is 10.4 Å². The zero-order valence-corrected chi connectivity index (χ0v) is 11.7. The third-order valence-corrected chi connectivity index (χ3v) is 3.88. The van der Waals surface area contributed by atoms with E-state index in [1.165, 1.54) is 0 Å². The van der Waals surface area contributed by atoms with Gasteiger partial charge in [0, 0.05) is 12.7 Å². The van der Waals surface area contributed by atoms with Gasteiger partial charge in [-0.25, -0.2) is 0 Å². The molecule has 1 aromatic heterocycles. The molecule has 1 amide bonds. The number of rotatable bonds is 5. The number of nitrogens with one attached hydrogen (secondary N) is 1. The van der Waals surface area contributed by atoms with E-state index in [0.717, 1.165) is 25.1 Å². The molecule has 0 radical (unpaired) electrons. The molecule has 1 heterocycles. The minimum absolute atomic E-state index is 0.164. The summed E-state index contributed by atoms with van der Waals surface area (Å²) in [6.07, 6.45) is 4.93. The molecule has 0 spiro atoms. The van der Waals surface area contributed by atoms with Crippen LogP contribution in [0.25, 0.3) is 0 Å². The lowest BCUT2D eigenvalue weighted by atomic mass is 9.79. The maximum absolute atomic E-state index is 12.2. The molecular formula is C14H21N3O3. The number of aromatic nitrogens is 2. The minimum atomic E-state index is -0.861. The highest BCUT2D eigenvalue weighted by Crippen LogP contribution is 2.30. The lowest BCUT2D eigenvalue weighted by molar-refractivity contribution is -0.148. The monoisotopic (exact) mass is 279 g/mol. The minimum Gasteiger partial charge on any atom is -0.481 e. The van der Waals surface area contributed by atoms with E-state index in [9.17, 15) is 14.7 Å². The Labute approximate surface area is 118 Å². The van der Waals surface area contributed by atoms with Gasteiger partial charge in [-0.2, -0.15) is 5.10 Å². The van der Waals surface area contributed by atoms with E-state index in [1.54, 1.807) is 4.68 Å². The van der Waals surface area contributed by atoms with Crippen molar-refractivity contribution in [3.8, 4) is 0 Å². The van der Waals surface area contributed by atoms with E-state index >= 15 is 0 Å². The second-order valence-corrected chi connectivity index (χ2v) is 5.22. The summed E-state index contributed by atoms with van der Waals surface area (Å²) in [7, 11) is 0. The zero-order valence-electron chi connectivity index (χ0n) is 11.7. The van der Waals surface area contributed by atoms with E-state index in [1.807, 2.05) is 19.2 Å². The fourth-order valence-corrected chi connectivity index (χ4v) is 2.72. The fourth-order valence-electron chi connectivity index (χ4n) is 2.72. The Morgan fingerprint density at radius 2 is 2.10 bits per heavy atom. The van der Waals surface area contributed by atoms with Gasteiger partial charge in [0.05, 0.1) is 24.1 Å². The molecule has 2 atom stereocenters. The van der Waals surface area contributed by atoms with Crippen LogP contribution in [0.2, 0.25) is 0 Å². The second-order valence-electron chi connectivity index (χ2n) is 5.22. The predicted molar refractivity (Wildman–Crippen MR) is 72.8 cm³/mol. The molecule has 1 aromatic rings. The molecule has 1 saturated carbocycles. The molecule has 0 saturated heterocycles. The molecule has 0 aromatic carbocycles.